The molecule has 2 aromatic carbocycles. The van der Waals surface area contributed by atoms with Crippen LogP contribution in [0.15, 0.2) is 73.1 Å². The molecule has 0 radical (unpaired) electrons. The summed E-state index contributed by atoms with van der Waals surface area (Å²) in [5.41, 5.74) is 3.14. The molecule has 4 aromatic rings. The summed E-state index contributed by atoms with van der Waals surface area (Å²) in [5, 5.41) is 15.1. The first-order valence-electron chi connectivity index (χ1n) is 9.07. The van der Waals surface area contributed by atoms with E-state index < -0.39 is 4.92 Å². The normalized spacial score (nSPS) is 10.8. The van der Waals surface area contributed by atoms with Gasteiger partial charge in [-0.25, -0.2) is 4.98 Å². The number of amides is 1. The number of benzene rings is 2. The largest absolute Gasteiger partial charge is 0.355 e. The first-order valence-corrected chi connectivity index (χ1v) is 9.07. The van der Waals surface area contributed by atoms with Gasteiger partial charge in [0.25, 0.3) is 11.6 Å². The Hall–Kier alpha value is -4.00. The highest BCUT2D eigenvalue weighted by Crippen LogP contribution is 2.36. The van der Waals surface area contributed by atoms with E-state index in [4.69, 9.17) is 0 Å². The molecule has 4 rings (SSSR count). The number of carbonyl (C=O) groups excluding carboxylic acids is 1. The highest BCUT2D eigenvalue weighted by Gasteiger charge is 2.22. The number of carbonyl (C=O) groups is 1. The highest BCUT2D eigenvalue weighted by atomic mass is 16.6. The molecule has 7 heteroatoms. The standard InChI is InChI=1S/C22H18N4O3/c1-23-22(27)16-9-10-17(20(12-16)26(28)29)19-14-25(13-15-6-3-2-4-7-15)21-18(19)8-5-11-24-21/h2-12,14H,13H2,1H3,(H,23,27). The van der Waals surface area contributed by atoms with Crippen LogP contribution in [0.1, 0.15) is 15.9 Å². The van der Waals surface area contributed by atoms with Crippen molar-refractivity contribution in [3.63, 3.8) is 0 Å². The molecule has 0 fully saturated rings. The van der Waals surface area contributed by atoms with E-state index in [2.05, 4.69) is 10.3 Å². The van der Waals surface area contributed by atoms with Gasteiger partial charge in [0.05, 0.1) is 10.5 Å². The minimum absolute atomic E-state index is 0.117. The molecular weight excluding hydrogens is 368 g/mol. The second kappa shape index (κ2) is 7.55. The SMILES string of the molecule is CNC(=O)c1ccc(-c2cn(Cc3ccccc3)c3ncccc23)c([N+](=O)[O-])c1. The number of nitro groups is 1. The van der Waals surface area contributed by atoms with Gasteiger partial charge in [-0.1, -0.05) is 30.3 Å². The van der Waals surface area contributed by atoms with Gasteiger partial charge in [0.1, 0.15) is 5.65 Å². The topological polar surface area (TPSA) is 90.1 Å². The molecule has 7 nitrogen and oxygen atoms in total. The van der Waals surface area contributed by atoms with Crippen LogP contribution in [0.25, 0.3) is 22.2 Å². The van der Waals surface area contributed by atoms with Gasteiger partial charge in [0.15, 0.2) is 0 Å². The maximum atomic E-state index is 11.9. The number of hydrogen-bond acceptors (Lipinski definition) is 4. The van der Waals surface area contributed by atoms with Gasteiger partial charge in [-0.3, -0.25) is 14.9 Å². The van der Waals surface area contributed by atoms with Crippen LogP contribution in [0, 0.1) is 10.1 Å². The third kappa shape index (κ3) is 3.45. The summed E-state index contributed by atoms with van der Waals surface area (Å²) in [6, 6.07) is 18.2. The Morgan fingerprint density at radius 3 is 2.62 bits per heavy atom. The Balaban J connectivity index is 1.88. The minimum Gasteiger partial charge on any atom is -0.355 e. The van der Waals surface area contributed by atoms with Crippen molar-refractivity contribution in [1.82, 2.24) is 14.9 Å². The second-order valence-corrected chi connectivity index (χ2v) is 6.60. The first-order chi connectivity index (χ1) is 14.1. The van der Waals surface area contributed by atoms with Gasteiger partial charge in [0.2, 0.25) is 0 Å². The summed E-state index contributed by atoms with van der Waals surface area (Å²) >= 11 is 0. The lowest BCUT2D eigenvalue weighted by Crippen LogP contribution is -2.17. The van der Waals surface area contributed by atoms with Crippen molar-refractivity contribution in [1.29, 1.82) is 0 Å². The summed E-state index contributed by atoms with van der Waals surface area (Å²) in [4.78, 5) is 27.7. The van der Waals surface area contributed by atoms with Gasteiger partial charge >= 0.3 is 0 Å². The minimum atomic E-state index is -0.460. The van der Waals surface area contributed by atoms with E-state index in [-0.39, 0.29) is 17.2 Å². The second-order valence-electron chi connectivity index (χ2n) is 6.60. The van der Waals surface area contributed by atoms with Crippen LogP contribution in [0.4, 0.5) is 5.69 Å². The van der Waals surface area contributed by atoms with Crippen molar-refractivity contribution < 1.29 is 9.72 Å². The van der Waals surface area contributed by atoms with Crippen LogP contribution < -0.4 is 5.32 Å². The van der Waals surface area contributed by atoms with E-state index in [1.54, 1.807) is 18.3 Å². The molecule has 1 N–H and O–H groups in total. The predicted molar refractivity (Wildman–Crippen MR) is 111 cm³/mol. The van der Waals surface area contributed by atoms with Crippen LogP contribution in [0.2, 0.25) is 0 Å². The maximum absolute atomic E-state index is 11.9. The van der Waals surface area contributed by atoms with Crippen LogP contribution in [-0.2, 0) is 6.54 Å². The molecule has 2 heterocycles. The third-order valence-corrected chi connectivity index (χ3v) is 4.80. The van der Waals surface area contributed by atoms with Crippen molar-refractivity contribution in [3.8, 4) is 11.1 Å². The molecule has 0 aliphatic rings. The molecule has 0 atom stereocenters. The van der Waals surface area contributed by atoms with E-state index in [1.807, 2.05) is 53.2 Å². The molecule has 2 aromatic heterocycles. The van der Waals surface area contributed by atoms with E-state index in [9.17, 15) is 14.9 Å². The van der Waals surface area contributed by atoms with Crippen molar-refractivity contribution in [2.75, 3.05) is 7.05 Å². The summed E-state index contributed by atoms with van der Waals surface area (Å²) in [7, 11) is 1.49. The van der Waals surface area contributed by atoms with Crippen molar-refractivity contribution in [2.24, 2.45) is 0 Å². The lowest BCUT2D eigenvalue weighted by atomic mass is 10.0. The predicted octanol–water partition coefficient (Wildman–Crippen LogP) is 4.02. The van der Waals surface area contributed by atoms with Crippen LogP contribution >= 0.6 is 0 Å². The lowest BCUT2D eigenvalue weighted by Gasteiger charge is -2.05. The fourth-order valence-electron chi connectivity index (χ4n) is 3.43. The average Bonchev–Trinajstić information content (AvgIpc) is 3.11. The molecule has 0 aliphatic heterocycles. The van der Waals surface area contributed by atoms with Crippen LogP contribution in [-0.4, -0.2) is 27.4 Å². The number of nitro benzene ring substituents is 1. The van der Waals surface area contributed by atoms with E-state index >= 15 is 0 Å². The first kappa shape index (κ1) is 18.4. The molecule has 144 valence electrons. The molecule has 0 unspecified atom stereocenters. The van der Waals surface area contributed by atoms with Crippen molar-refractivity contribution in [2.45, 2.75) is 6.54 Å². The number of nitrogens with zero attached hydrogens (tertiary/aromatic N) is 3. The van der Waals surface area contributed by atoms with Crippen molar-refractivity contribution >= 4 is 22.6 Å². The number of rotatable bonds is 5. The van der Waals surface area contributed by atoms with Crippen LogP contribution in [0.3, 0.4) is 0 Å². The molecule has 0 bridgehead atoms. The van der Waals surface area contributed by atoms with Crippen LogP contribution in [0.5, 0.6) is 0 Å². The quantitative estimate of drug-likeness (QED) is 0.414. The molecule has 29 heavy (non-hydrogen) atoms. The fourth-order valence-corrected chi connectivity index (χ4v) is 3.43. The van der Waals surface area contributed by atoms with E-state index in [1.165, 1.54) is 13.1 Å². The summed E-state index contributed by atoms with van der Waals surface area (Å²) in [5.74, 6) is -0.368. The van der Waals surface area contributed by atoms with Gasteiger partial charge < -0.3 is 9.88 Å². The maximum Gasteiger partial charge on any atom is 0.278 e. The van der Waals surface area contributed by atoms with Crippen molar-refractivity contribution in [3.05, 3.63) is 94.3 Å². The molecule has 0 saturated heterocycles. The van der Waals surface area contributed by atoms with Gasteiger partial charge in [-0.2, -0.15) is 0 Å². The fraction of sp³-hybridized carbons (Fsp3) is 0.0909. The van der Waals surface area contributed by atoms with Gasteiger partial charge in [-0.05, 0) is 29.8 Å². The third-order valence-electron chi connectivity index (χ3n) is 4.80. The van der Waals surface area contributed by atoms with E-state index in [0.29, 0.717) is 17.7 Å². The smallest absolute Gasteiger partial charge is 0.278 e. The van der Waals surface area contributed by atoms with Gasteiger partial charge in [0, 0.05) is 48.6 Å². The zero-order valence-corrected chi connectivity index (χ0v) is 15.7. The number of fused-ring (bicyclic) bond motifs is 1. The highest BCUT2D eigenvalue weighted by molar-refractivity contribution is 5.99. The van der Waals surface area contributed by atoms with Gasteiger partial charge in [-0.15, -0.1) is 0 Å². The molecule has 0 spiro atoms. The molecular formula is C22H18N4O3. The molecule has 1 amide bonds. The number of pyridine rings is 1. The number of hydrogen-bond donors (Lipinski definition) is 1. The Kier molecular flexibility index (Phi) is 4.78. The Bertz CT molecular complexity index is 1220. The zero-order chi connectivity index (χ0) is 20.4. The number of aromatic nitrogens is 2. The molecule has 0 aliphatic carbocycles. The Labute approximate surface area is 166 Å². The lowest BCUT2D eigenvalue weighted by molar-refractivity contribution is -0.384. The molecule has 0 saturated carbocycles. The zero-order valence-electron chi connectivity index (χ0n) is 15.7. The summed E-state index contributed by atoms with van der Waals surface area (Å²) < 4.78 is 1.98. The average molecular weight is 386 g/mol. The summed E-state index contributed by atoms with van der Waals surface area (Å²) in [6.45, 7) is 0.596. The monoisotopic (exact) mass is 386 g/mol. The Morgan fingerprint density at radius 2 is 1.90 bits per heavy atom. The number of nitrogens with one attached hydrogen (secondary N) is 1. The Morgan fingerprint density at radius 1 is 1.10 bits per heavy atom. The van der Waals surface area contributed by atoms with E-state index in [0.717, 1.165) is 16.6 Å². The summed E-state index contributed by atoms with van der Waals surface area (Å²) in [6.07, 6.45) is 3.59.